The monoisotopic (exact) mass is 291 g/mol. The molecule has 7 nitrogen and oxygen atoms in total. The third kappa shape index (κ3) is 3.65. The van der Waals surface area contributed by atoms with Crippen molar-refractivity contribution >= 4 is 16.2 Å². The first kappa shape index (κ1) is 14.7. The Kier molecular flexibility index (Phi) is 4.77. The number of nitrogens with zero attached hydrogens (tertiary/aromatic N) is 3. The Bertz CT molecular complexity index is 412. The summed E-state index contributed by atoms with van der Waals surface area (Å²) in [5, 5.41) is 8.71. The molecule has 2 aliphatic heterocycles. The number of rotatable bonds is 4. The second-order valence-electron chi connectivity index (χ2n) is 5.04. The quantitative estimate of drug-likeness (QED) is 0.749. The van der Waals surface area contributed by atoms with Crippen LogP contribution in [0.3, 0.4) is 0 Å². The van der Waals surface area contributed by atoms with E-state index in [0.717, 1.165) is 19.3 Å². The van der Waals surface area contributed by atoms with Gasteiger partial charge in [-0.05, 0) is 12.8 Å². The van der Waals surface area contributed by atoms with Crippen LogP contribution in [0.25, 0.3) is 0 Å². The highest BCUT2D eigenvalue weighted by atomic mass is 32.2. The molecule has 0 aliphatic carbocycles. The molecule has 0 aromatic carbocycles. The molecule has 0 bridgehead atoms. The molecule has 0 spiro atoms. The molecule has 2 fully saturated rings. The van der Waals surface area contributed by atoms with Crippen molar-refractivity contribution in [3.63, 3.8) is 0 Å². The minimum atomic E-state index is -3.34. The van der Waals surface area contributed by atoms with Crippen LogP contribution in [0, 0.1) is 0 Å². The van der Waals surface area contributed by atoms with E-state index in [1.807, 2.05) is 0 Å². The molecule has 0 radical (unpaired) electrons. The van der Waals surface area contributed by atoms with Gasteiger partial charge in [-0.1, -0.05) is 6.42 Å². The molecule has 0 aromatic heterocycles. The number of carboxylic acid groups (broad SMARTS) is 1. The van der Waals surface area contributed by atoms with Crippen molar-refractivity contribution in [1.29, 1.82) is 0 Å². The zero-order valence-corrected chi connectivity index (χ0v) is 11.8. The van der Waals surface area contributed by atoms with E-state index in [0.29, 0.717) is 39.3 Å². The molecule has 0 aromatic rings. The van der Waals surface area contributed by atoms with Crippen LogP contribution < -0.4 is 0 Å². The second kappa shape index (κ2) is 6.17. The highest BCUT2D eigenvalue weighted by Gasteiger charge is 2.33. The molecule has 2 saturated heterocycles. The minimum Gasteiger partial charge on any atom is -0.480 e. The molecule has 0 atom stereocenters. The van der Waals surface area contributed by atoms with E-state index >= 15 is 0 Å². The Balaban J connectivity index is 1.90. The van der Waals surface area contributed by atoms with E-state index in [1.54, 1.807) is 9.21 Å². The van der Waals surface area contributed by atoms with Gasteiger partial charge in [-0.25, -0.2) is 0 Å². The molecule has 2 aliphatic rings. The van der Waals surface area contributed by atoms with Crippen molar-refractivity contribution in [2.24, 2.45) is 0 Å². The fraction of sp³-hybridized carbons (Fsp3) is 0.909. The summed E-state index contributed by atoms with van der Waals surface area (Å²) in [7, 11) is -3.34. The summed E-state index contributed by atoms with van der Waals surface area (Å²) in [5.41, 5.74) is 0. The minimum absolute atomic E-state index is 0.0163. The fourth-order valence-corrected chi connectivity index (χ4v) is 4.24. The van der Waals surface area contributed by atoms with E-state index < -0.39 is 16.2 Å². The zero-order chi connectivity index (χ0) is 13.9. The van der Waals surface area contributed by atoms with E-state index in [-0.39, 0.29) is 6.54 Å². The summed E-state index contributed by atoms with van der Waals surface area (Å²) in [4.78, 5) is 12.4. The number of piperazine rings is 1. The molecule has 0 unspecified atom stereocenters. The first-order valence-electron chi connectivity index (χ1n) is 6.69. The number of hydrogen-bond acceptors (Lipinski definition) is 4. The third-order valence-corrected chi connectivity index (χ3v) is 5.69. The van der Waals surface area contributed by atoms with Gasteiger partial charge in [0.15, 0.2) is 0 Å². The summed E-state index contributed by atoms with van der Waals surface area (Å²) >= 11 is 0. The Morgan fingerprint density at radius 1 is 0.895 bits per heavy atom. The molecule has 2 rings (SSSR count). The SMILES string of the molecule is O=C(O)CN1CCN(S(=O)(=O)N2CCCCC2)CC1. The second-order valence-corrected chi connectivity index (χ2v) is 6.96. The van der Waals surface area contributed by atoms with Gasteiger partial charge < -0.3 is 5.11 Å². The van der Waals surface area contributed by atoms with Gasteiger partial charge in [0.25, 0.3) is 10.2 Å². The Labute approximate surface area is 114 Å². The summed E-state index contributed by atoms with van der Waals surface area (Å²) in [6.45, 7) is 2.93. The summed E-state index contributed by atoms with van der Waals surface area (Å²) in [6, 6.07) is 0. The van der Waals surface area contributed by atoms with E-state index in [4.69, 9.17) is 5.11 Å². The van der Waals surface area contributed by atoms with Crippen molar-refractivity contribution in [2.75, 3.05) is 45.8 Å². The Hall–Kier alpha value is -0.700. The van der Waals surface area contributed by atoms with Gasteiger partial charge in [0.1, 0.15) is 0 Å². The van der Waals surface area contributed by atoms with E-state index in [9.17, 15) is 13.2 Å². The van der Waals surface area contributed by atoms with Crippen LogP contribution in [0.1, 0.15) is 19.3 Å². The number of carbonyl (C=O) groups is 1. The molecular formula is C11H21N3O4S. The van der Waals surface area contributed by atoms with Crippen molar-refractivity contribution in [3.05, 3.63) is 0 Å². The van der Waals surface area contributed by atoms with Crippen LogP contribution in [-0.2, 0) is 15.0 Å². The Morgan fingerprint density at radius 3 is 1.95 bits per heavy atom. The maximum atomic E-state index is 12.4. The van der Waals surface area contributed by atoms with Gasteiger partial charge in [-0.15, -0.1) is 0 Å². The van der Waals surface area contributed by atoms with E-state index in [1.165, 1.54) is 4.31 Å². The zero-order valence-electron chi connectivity index (χ0n) is 11.0. The lowest BCUT2D eigenvalue weighted by molar-refractivity contribution is -0.138. The lowest BCUT2D eigenvalue weighted by Gasteiger charge is -2.37. The molecular weight excluding hydrogens is 270 g/mol. The molecule has 110 valence electrons. The fourth-order valence-electron chi connectivity index (χ4n) is 2.57. The van der Waals surface area contributed by atoms with Gasteiger partial charge >= 0.3 is 5.97 Å². The van der Waals surface area contributed by atoms with Gasteiger partial charge in [-0.2, -0.15) is 17.0 Å². The number of piperidine rings is 1. The van der Waals surface area contributed by atoms with Gasteiger partial charge in [-0.3, -0.25) is 9.69 Å². The third-order valence-electron chi connectivity index (χ3n) is 3.66. The molecule has 0 saturated carbocycles. The molecule has 8 heteroatoms. The van der Waals surface area contributed by atoms with Crippen LogP contribution in [0.4, 0.5) is 0 Å². The highest BCUT2D eigenvalue weighted by molar-refractivity contribution is 7.86. The summed E-state index contributed by atoms with van der Waals surface area (Å²) < 4.78 is 27.8. The van der Waals surface area contributed by atoms with Crippen LogP contribution in [-0.4, -0.2) is 78.8 Å². The lowest BCUT2D eigenvalue weighted by atomic mass is 10.2. The standard InChI is InChI=1S/C11H21N3O4S/c15-11(16)10-12-6-8-14(9-7-12)19(17,18)13-4-2-1-3-5-13/h1-10H2,(H,15,16). The summed E-state index contributed by atoms with van der Waals surface area (Å²) in [5.74, 6) is -0.868. The van der Waals surface area contributed by atoms with Crippen LogP contribution >= 0.6 is 0 Å². The van der Waals surface area contributed by atoms with Gasteiger partial charge in [0.2, 0.25) is 0 Å². The number of aliphatic carboxylic acids is 1. The van der Waals surface area contributed by atoms with Crippen LogP contribution in [0.15, 0.2) is 0 Å². The van der Waals surface area contributed by atoms with Gasteiger partial charge in [0, 0.05) is 39.3 Å². The van der Waals surface area contributed by atoms with Crippen molar-refractivity contribution in [1.82, 2.24) is 13.5 Å². The predicted octanol–water partition coefficient (Wildman–Crippen LogP) is -0.581. The molecule has 0 amide bonds. The lowest BCUT2D eigenvalue weighted by Crippen LogP contribution is -2.54. The average molecular weight is 291 g/mol. The predicted molar refractivity (Wildman–Crippen MR) is 70.0 cm³/mol. The average Bonchev–Trinajstić information content (AvgIpc) is 2.40. The first-order chi connectivity index (χ1) is 9.00. The highest BCUT2D eigenvalue weighted by Crippen LogP contribution is 2.17. The number of carboxylic acids is 1. The van der Waals surface area contributed by atoms with Crippen molar-refractivity contribution in [3.8, 4) is 0 Å². The first-order valence-corrected chi connectivity index (χ1v) is 8.09. The molecule has 1 N–H and O–H groups in total. The Morgan fingerprint density at radius 2 is 1.42 bits per heavy atom. The number of hydrogen-bond donors (Lipinski definition) is 1. The molecule has 19 heavy (non-hydrogen) atoms. The largest absolute Gasteiger partial charge is 0.480 e. The van der Waals surface area contributed by atoms with Crippen LogP contribution in [0.5, 0.6) is 0 Å². The summed E-state index contributed by atoms with van der Waals surface area (Å²) in [6.07, 6.45) is 2.95. The molecule has 2 heterocycles. The maximum absolute atomic E-state index is 12.4. The van der Waals surface area contributed by atoms with Crippen molar-refractivity contribution < 1.29 is 18.3 Å². The van der Waals surface area contributed by atoms with Crippen LogP contribution in [0.2, 0.25) is 0 Å². The maximum Gasteiger partial charge on any atom is 0.317 e. The normalized spacial score (nSPS) is 24.4. The topological polar surface area (TPSA) is 81.2 Å². The van der Waals surface area contributed by atoms with Crippen molar-refractivity contribution in [2.45, 2.75) is 19.3 Å². The van der Waals surface area contributed by atoms with Gasteiger partial charge in [0.05, 0.1) is 6.54 Å². The smallest absolute Gasteiger partial charge is 0.317 e. The van der Waals surface area contributed by atoms with E-state index in [2.05, 4.69) is 0 Å².